The largest absolute Gasteiger partial charge is 0.490 e. The highest BCUT2D eigenvalue weighted by Crippen LogP contribution is 2.34. The van der Waals surface area contributed by atoms with Gasteiger partial charge in [-0.15, -0.1) is 0 Å². The molecule has 4 heterocycles. The van der Waals surface area contributed by atoms with Crippen molar-refractivity contribution < 1.29 is 9.47 Å². The van der Waals surface area contributed by atoms with Gasteiger partial charge in [0.25, 0.3) is 0 Å². The van der Waals surface area contributed by atoms with Crippen LogP contribution in [0.25, 0.3) is 27.7 Å². The molecule has 0 unspecified atom stereocenters. The standard InChI is InChI=1S/C25H28N4O2/c1-26-14-20-12-18(2-3-24(20)31-21-6-10-30-11-7-21)23-16-29-25-22(23)13-19(15-28-25)17-4-8-27-9-5-17/h2-4,12-13,15-16,21,27H,1,5-11,14H2,(H,28,29). The van der Waals surface area contributed by atoms with Crippen molar-refractivity contribution in [3.05, 3.63) is 53.9 Å². The Morgan fingerprint density at radius 2 is 2.10 bits per heavy atom. The predicted molar refractivity (Wildman–Crippen MR) is 125 cm³/mol. The summed E-state index contributed by atoms with van der Waals surface area (Å²) in [7, 11) is 0. The first-order chi connectivity index (χ1) is 15.3. The Morgan fingerprint density at radius 1 is 1.19 bits per heavy atom. The molecule has 0 amide bonds. The van der Waals surface area contributed by atoms with Crippen LogP contribution < -0.4 is 10.1 Å². The van der Waals surface area contributed by atoms with Crippen LogP contribution in [0.15, 0.2) is 47.7 Å². The van der Waals surface area contributed by atoms with Crippen molar-refractivity contribution in [1.29, 1.82) is 0 Å². The molecule has 2 aliphatic heterocycles. The molecule has 0 saturated carbocycles. The van der Waals surface area contributed by atoms with Crippen LogP contribution in [0, 0.1) is 0 Å². The summed E-state index contributed by atoms with van der Waals surface area (Å²) in [5, 5.41) is 4.50. The zero-order valence-corrected chi connectivity index (χ0v) is 17.7. The second-order valence-corrected chi connectivity index (χ2v) is 8.14. The van der Waals surface area contributed by atoms with Gasteiger partial charge in [0.15, 0.2) is 0 Å². The average Bonchev–Trinajstić information content (AvgIpc) is 3.25. The molecule has 0 aliphatic carbocycles. The molecule has 6 heteroatoms. The molecular weight excluding hydrogens is 388 g/mol. The molecule has 0 atom stereocenters. The van der Waals surface area contributed by atoms with Crippen molar-refractivity contribution in [2.24, 2.45) is 4.99 Å². The summed E-state index contributed by atoms with van der Waals surface area (Å²) in [6.45, 7) is 7.67. The molecular formula is C25H28N4O2. The lowest BCUT2D eigenvalue weighted by molar-refractivity contribution is 0.0252. The minimum atomic E-state index is 0.196. The molecule has 2 N–H and O–H groups in total. The Kier molecular flexibility index (Phi) is 5.82. The maximum absolute atomic E-state index is 6.30. The monoisotopic (exact) mass is 416 g/mol. The number of benzene rings is 1. The van der Waals surface area contributed by atoms with Gasteiger partial charge >= 0.3 is 0 Å². The van der Waals surface area contributed by atoms with Crippen LogP contribution in [0.4, 0.5) is 0 Å². The van der Waals surface area contributed by atoms with Gasteiger partial charge in [-0.05, 0) is 54.6 Å². The van der Waals surface area contributed by atoms with Gasteiger partial charge in [0.2, 0.25) is 0 Å². The third-order valence-electron chi connectivity index (χ3n) is 6.08. The van der Waals surface area contributed by atoms with E-state index in [2.05, 4.69) is 57.3 Å². The summed E-state index contributed by atoms with van der Waals surface area (Å²) in [5.74, 6) is 0.890. The van der Waals surface area contributed by atoms with Crippen LogP contribution >= 0.6 is 0 Å². The number of ether oxygens (including phenoxy) is 2. The number of nitrogens with zero attached hydrogens (tertiary/aromatic N) is 2. The molecule has 0 spiro atoms. The zero-order chi connectivity index (χ0) is 21.0. The van der Waals surface area contributed by atoms with Gasteiger partial charge in [0.05, 0.1) is 19.8 Å². The van der Waals surface area contributed by atoms with Gasteiger partial charge in [-0.1, -0.05) is 12.1 Å². The van der Waals surface area contributed by atoms with Crippen LogP contribution in [-0.4, -0.2) is 49.1 Å². The van der Waals surface area contributed by atoms with E-state index >= 15 is 0 Å². The van der Waals surface area contributed by atoms with Crippen LogP contribution in [0.1, 0.15) is 30.4 Å². The summed E-state index contributed by atoms with van der Waals surface area (Å²) in [5.41, 5.74) is 6.78. The molecule has 31 heavy (non-hydrogen) atoms. The zero-order valence-electron chi connectivity index (χ0n) is 17.7. The third kappa shape index (κ3) is 4.27. The average molecular weight is 417 g/mol. The highest BCUT2D eigenvalue weighted by molar-refractivity contribution is 5.95. The number of aromatic amines is 1. The Bertz CT molecular complexity index is 1110. The summed E-state index contributed by atoms with van der Waals surface area (Å²) in [6.07, 6.45) is 9.34. The molecule has 160 valence electrons. The number of H-pyrrole nitrogens is 1. The number of hydrogen-bond donors (Lipinski definition) is 2. The molecule has 0 bridgehead atoms. The van der Waals surface area contributed by atoms with Crippen LogP contribution in [0.5, 0.6) is 5.75 Å². The molecule has 1 fully saturated rings. The lowest BCUT2D eigenvalue weighted by Crippen LogP contribution is -2.26. The molecule has 6 nitrogen and oxygen atoms in total. The maximum Gasteiger partial charge on any atom is 0.137 e. The van der Waals surface area contributed by atoms with Crippen LogP contribution in [0.2, 0.25) is 0 Å². The van der Waals surface area contributed by atoms with Crippen molar-refractivity contribution >= 4 is 23.3 Å². The van der Waals surface area contributed by atoms with Crippen molar-refractivity contribution in [2.45, 2.75) is 31.9 Å². The lowest BCUT2D eigenvalue weighted by atomic mass is 9.98. The topological polar surface area (TPSA) is 71.5 Å². The molecule has 1 saturated heterocycles. The van der Waals surface area contributed by atoms with Gasteiger partial charge in [0.1, 0.15) is 17.5 Å². The number of hydrogen-bond acceptors (Lipinski definition) is 5. The van der Waals surface area contributed by atoms with Crippen molar-refractivity contribution in [1.82, 2.24) is 15.3 Å². The predicted octanol–water partition coefficient (Wildman–Crippen LogP) is 4.37. The van der Waals surface area contributed by atoms with E-state index in [1.165, 1.54) is 11.1 Å². The quantitative estimate of drug-likeness (QED) is 0.586. The first-order valence-corrected chi connectivity index (χ1v) is 11.0. The molecule has 2 aliphatic rings. The summed E-state index contributed by atoms with van der Waals surface area (Å²) in [4.78, 5) is 12.1. The van der Waals surface area contributed by atoms with Gasteiger partial charge in [-0.3, -0.25) is 4.99 Å². The van der Waals surface area contributed by atoms with Crippen LogP contribution in [-0.2, 0) is 11.3 Å². The molecule has 5 rings (SSSR count). The number of rotatable bonds is 6. The number of pyridine rings is 1. The number of aliphatic imine (C=N–C) groups is 1. The minimum Gasteiger partial charge on any atom is -0.490 e. The van der Waals surface area contributed by atoms with Gasteiger partial charge in [-0.25, -0.2) is 4.98 Å². The van der Waals surface area contributed by atoms with Crippen molar-refractivity contribution in [2.75, 3.05) is 26.3 Å². The van der Waals surface area contributed by atoms with E-state index in [9.17, 15) is 0 Å². The smallest absolute Gasteiger partial charge is 0.137 e. The number of aromatic nitrogens is 2. The second-order valence-electron chi connectivity index (χ2n) is 8.14. The Morgan fingerprint density at radius 3 is 2.90 bits per heavy atom. The Labute approximate surface area is 182 Å². The lowest BCUT2D eigenvalue weighted by Gasteiger charge is -2.24. The van der Waals surface area contributed by atoms with Gasteiger partial charge in [0, 0.05) is 48.3 Å². The highest BCUT2D eigenvalue weighted by Gasteiger charge is 2.18. The van der Waals surface area contributed by atoms with E-state index in [1.54, 1.807) is 0 Å². The first-order valence-electron chi connectivity index (χ1n) is 11.0. The van der Waals surface area contributed by atoms with E-state index in [-0.39, 0.29) is 6.10 Å². The summed E-state index contributed by atoms with van der Waals surface area (Å²) >= 11 is 0. The highest BCUT2D eigenvalue weighted by atomic mass is 16.5. The van der Waals surface area contributed by atoms with Crippen molar-refractivity contribution in [3.8, 4) is 16.9 Å². The SMILES string of the molecule is C=NCc1cc(-c2c[nH]c3ncc(C4=CCNCC4)cc23)ccc1OC1CCOCC1. The first kappa shape index (κ1) is 20.0. The van der Waals surface area contributed by atoms with Crippen LogP contribution in [0.3, 0.4) is 0 Å². The van der Waals surface area contributed by atoms with Gasteiger partial charge < -0.3 is 19.8 Å². The van der Waals surface area contributed by atoms with E-state index in [0.29, 0.717) is 6.54 Å². The molecule has 0 radical (unpaired) electrons. The summed E-state index contributed by atoms with van der Waals surface area (Å²) in [6, 6.07) is 8.61. The minimum absolute atomic E-state index is 0.196. The van der Waals surface area contributed by atoms with Gasteiger partial charge in [-0.2, -0.15) is 0 Å². The normalized spacial score (nSPS) is 17.5. The van der Waals surface area contributed by atoms with E-state index in [0.717, 1.165) is 79.0 Å². The summed E-state index contributed by atoms with van der Waals surface area (Å²) < 4.78 is 11.7. The van der Waals surface area contributed by atoms with E-state index in [1.807, 2.05) is 12.4 Å². The third-order valence-corrected chi connectivity index (χ3v) is 6.08. The molecule has 1 aromatic carbocycles. The number of fused-ring (bicyclic) bond motifs is 1. The fourth-order valence-corrected chi connectivity index (χ4v) is 4.38. The number of nitrogens with one attached hydrogen (secondary N) is 2. The fraction of sp³-hybridized carbons (Fsp3) is 0.360. The van der Waals surface area contributed by atoms with E-state index < -0.39 is 0 Å². The molecule has 2 aromatic heterocycles. The maximum atomic E-state index is 6.30. The second kappa shape index (κ2) is 9.04. The molecule has 3 aromatic rings. The fourth-order valence-electron chi connectivity index (χ4n) is 4.38. The van der Waals surface area contributed by atoms with E-state index in [4.69, 9.17) is 9.47 Å². The van der Waals surface area contributed by atoms with Crippen molar-refractivity contribution in [3.63, 3.8) is 0 Å². The Hall–Kier alpha value is -2.96. The Balaban J connectivity index is 1.49.